The molecule has 0 radical (unpaired) electrons. The summed E-state index contributed by atoms with van der Waals surface area (Å²) in [7, 11) is 0. The predicted octanol–water partition coefficient (Wildman–Crippen LogP) is 3.12. The number of thiol groups is 1. The normalized spacial score (nSPS) is 19.6. The Morgan fingerprint density at radius 2 is 2.08 bits per heavy atom. The fourth-order valence-corrected chi connectivity index (χ4v) is 1.99. The van der Waals surface area contributed by atoms with Crippen molar-refractivity contribution >= 4 is 18.7 Å². The lowest BCUT2D eigenvalue weighted by atomic mass is 9.99. The van der Waals surface area contributed by atoms with Crippen molar-refractivity contribution in [1.29, 1.82) is 0 Å². The maximum atomic E-state index is 4.25. The van der Waals surface area contributed by atoms with Crippen LogP contribution in [0.15, 0.2) is 30.3 Å². The first-order valence-electron chi connectivity index (χ1n) is 4.30. The van der Waals surface area contributed by atoms with Gasteiger partial charge >= 0.3 is 0 Å². The van der Waals surface area contributed by atoms with Crippen LogP contribution in [0.25, 0.3) is 6.08 Å². The maximum absolute atomic E-state index is 4.25. The zero-order valence-electron chi connectivity index (χ0n) is 6.90. The van der Waals surface area contributed by atoms with E-state index < -0.39 is 0 Å². The number of hydrogen-bond acceptors (Lipinski definition) is 1. The second-order valence-electron chi connectivity index (χ2n) is 3.11. The minimum atomic E-state index is 0.610. The van der Waals surface area contributed by atoms with Gasteiger partial charge in [-0.2, -0.15) is 12.6 Å². The molecule has 0 nitrogen and oxygen atoms in total. The molecule has 1 aliphatic carbocycles. The summed E-state index contributed by atoms with van der Waals surface area (Å²) in [5, 5.41) is 0. The van der Waals surface area contributed by atoms with Gasteiger partial charge in [0.1, 0.15) is 0 Å². The molecular formula is C11H12S. The summed E-state index contributed by atoms with van der Waals surface area (Å²) in [5.74, 6) is 1.57. The van der Waals surface area contributed by atoms with Gasteiger partial charge in [-0.05, 0) is 23.3 Å². The molecule has 1 atom stereocenters. The topological polar surface area (TPSA) is 0 Å². The third kappa shape index (κ3) is 1.29. The summed E-state index contributed by atoms with van der Waals surface area (Å²) < 4.78 is 0. The van der Waals surface area contributed by atoms with E-state index in [4.69, 9.17) is 0 Å². The van der Waals surface area contributed by atoms with Crippen LogP contribution in [-0.4, -0.2) is 5.75 Å². The highest BCUT2D eigenvalue weighted by Crippen LogP contribution is 2.32. The molecule has 0 heterocycles. The van der Waals surface area contributed by atoms with Gasteiger partial charge in [0.05, 0.1) is 0 Å². The van der Waals surface area contributed by atoms with Gasteiger partial charge < -0.3 is 0 Å². The largest absolute Gasteiger partial charge is 0.179 e. The van der Waals surface area contributed by atoms with Crippen molar-refractivity contribution in [2.75, 3.05) is 5.75 Å². The lowest BCUT2D eigenvalue weighted by Gasteiger charge is -2.07. The summed E-state index contributed by atoms with van der Waals surface area (Å²) in [5.41, 5.74) is 2.84. The van der Waals surface area contributed by atoms with E-state index in [2.05, 4.69) is 49.0 Å². The van der Waals surface area contributed by atoms with Crippen LogP contribution < -0.4 is 0 Å². The monoisotopic (exact) mass is 176 g/mol. The van der Waals surface area contributed by atoms with Gasteiger partial charge in [0.2, 0.25) is 0 Å². The standard InChI is InChI=1S/C11H12S/c12-8-7-10-6-5-9-3-1-2-4-11(9)10/h1-6,10,12H,7-8H2. The number of benzene rings is 1. The van der Waals surface area contributed by atoms with Gasteiger partial charge in [-0.3, -0.25) is 0 Å². The fraction of sp³-hybridized carbons (Fsp3) is 0.273. The van der Waals surface area contributed by atoms with Crippen LogP contribution in [0.1, 0.15) is 23.5 Å². The van der Waals surface area contributed by atoms with Gasteiger partial charge in [0, 0.05) is 5.92 Å². The molecule has 1 aliphatic rings. The van der Waals surface area contributed by atoms with Crippen molar-refractivity contribution in [3.63, 3.8) is 0 Å². The Bertz CT molecular complexity index is 302. The predicted molar refractivity (Wildman–Crippen MR) is 56.7 cm³/mol. The molecule has 0 amide bonds. The third-order valence-electron chi connectivity index (χ3n) is 2.34. The summed E-state index contributed by atoms with van der Waals surface area (Å²) in [6, 6.07) is 8.58. The lowest BCUT2D eigenvalue weighted by Crippen LogP contribution is -1.93. The van der Waals surface area contributed by atoms with E-state index in [0.717, 1.165) is 12.2 Å². The molecule has 0 fully saturated rings. The molecule has 1 aromatic rings. The molecule has 0 aliphatic heterocycles. The second kappa shape index (κ2) is 3.36. The molecule has 1 aromatic carbocycles. The van der Waals surface area contributed by atoms with Gasteiger partial charge in [-0.25, -0.2) is 0 Å². The van der Waals surface area contributed by atoms with E-state index in [0.29, 0.717) is 5.92 Å². The Morgan fingerprint density at radius 1 is 1.25 bits per heavy atom. The fourth-order valence-electron chi connectivity index (χ4n) is 1.71. The smallest absolute Gasteiger partial charge is 0.00349 e. The minimum Gasteiger partial charge on any atom is -0.179 e. The molecule has 0 spiro atoms. The average molecular weight is 176 g/mol. The molecular weight excluding hydrogens is 164 g/mol. The molecule has 1 unspecified atom stereocenters. The van der Waals surface area contributed by atoms with Crippen molar-refractivity contribution in [2.24, 2.45) is 0 Å². The van der Waals surface area contributed by atoms with E-state index in [1.54, 1.807) is 0 Å². The first-order chi connectivity index (χ1) is 5.92. The van der Waals surface area contributed by atoms with Crippen LogP contribution in [0.3, 0.4) is 0 Å². The van der Waals surface area contributed by atoms with E-state index in [9.17, 15) is 0 Å². The molecule has 0 aromatic heterocycles. The van der Waals surface area contributed by atoms with E-state index in [1.807, 2.05) is 0 Å². The molecule has 0 bridgehead atoms. The molecule has 62 valence electrons. The van der Waals surface area contributed by atoms with Crippen LogP contribution in [0.5, 0.6) is 0 Å². The first-order valence-corrected chi connectivity index (χ1v) is 4.93. The van der Waals surface area contributed by atoms with Gasteiger partial charge in [0.15, 0.2) is 0 Å². The molecule has 2 rings (SSSR count). The van der Waals surface area contributed by atoms with Crippen LogP contribution in [0.4, 0.5) is 0 Å². The molecule has 1 heteroatoms. The van der Waals surface area contributed by atoms with Crippen molar-refractivity contribution in [3.05, 3.63) is 41.5 Å². The number of allylic oxidation sites excluding steroid dienone is 1. The Kier molecular flexibility index (Phi) is 2.22. The number of rotatable bonds is 2. The minimum absolute atomic E-state index is 0.610. The zero-order chi connectivity index (χ0) is 8.39. The summed E-state index contributed by atoms with van der Waals surface area (Å²) >= 11 is 4.25. The van der Waals surface area contributed by atoms with Crippen LogP contribution in [0.2, 0.25) is 0 Å². The summed E-state index contributed by atoms with van der Waals surface area (Å²) in [6.45, 7) is 0. The molecule has 12 heavy (non-hydrogen) atoms. The van der Waals surface area contributed by atoms with Gasteiger partial charge in [-0.15, -0.1) is 0 Å². The van der Waals surface area contributed by atoms with Crippen LogP contribution in [-0.2, 0) is 0 Å². The zero-order valence-corrected chi connectivity index (χ0v) is 7.80. The maximum Gasteiger partial charge on any atom is 0.00349 e. The molecule has 0 saturated heterocycles. The Morgan fingerprint density at radius 3 is 2.92 bits per heavy atom. The number of fused-ring (bicyclic) bond motifs is 1. The second-order valence-corrected chi connectivity index (χ2v) is 3.55. The Labute approximate surface area is 78.7 Å². The van der Waals surface area contributed by atoms with Crippen molar-refractivity contribution in [3.8, 4) is 0 Å². The highest BCUT2D eigenvalue weighted by molar-refractivity contribution is 7.80. The highest BCUT2D eigenvalue weighted by Gasteiger charge is 2.14. The van der Waals surface area contributed by atoms with Crippen molar-refractivity contribution < 1.29 is 0 Å². The highest BCUT2D eigenvalue weighted by atomic mass is 32.1. The van der Waals surface area contributed by atoms with Crippen molar-refractivity contribution in [1.82, 2.24) is 0 Å². The van der Waals surface area contributed by atoms with E-state index in [-0.39, 0.29) is 0 Å². The van der Waals surface area contributed by atoms with Gasteiger partial charge in [-0.1, -0.05) is 36.4 Å². The third-order valence-corrected chi connectivity index (χ3v) is 2.60. The SMILES string of the molecule is SCCC1C=Cc2ccccc21. The summed E-state index contributed by atoms with van der Waals surface area (Å²) in [6.07, 6.45) is 5.64. The van der Waals surface area contributed by atoms with Crippen LogP contribution >= 0.6 is 12.6 Å². The van der Waals surface area contributed by atoms with Gasteiger partial charge in [0.25, 0.3) is 0 Å². The molecule has 0 N–H and O–H groups in total. The number of hydrogen-bond donors (Lipinski definition) is 1. The summed E-state index contributed by atoms with van der Waals surface area (Å²) in [4.78, 5) is 0. The average Bonchev–Trinajstić information content (AvgIpc) is 2.50. The van der Waals surface area contributed by atoms with Crippen LogP contribution in [0, 0.1) is 0 Å². The Hall–Kier alpha value is -0.690. The van der Waals surface area contributed by atoms with E-state index in [1.165, 1.54) is 11.1 Å². The quantitative estimate of drug-likeness (QED) is 0.658. The molecule has 0 saturated carbocycles. The van der Waals surface area contributed by atoms with Crippen molar-refractivity contribution in [2.45, 2.75) is 12.3 Å². The first kappa shape index (κ1) is 7.93. The Balaban J connectivity index is 2.30. The lowest BCUT2D eigenvalue weighted by molar-refractivity contribution is 0.829. The van der Waals surface area contributed by atoms with E-state index >= 15 is 0 Å².